The molecule has 0 aliphatic carbocycles. The molecule has 0 aliphatic rings. The number of nitrogens with zero attached hydrogens (tertiary/aromatic N) is 2. The molecule has 0 spiro atoms. The number of H-pyrrole nitrogens is 1. The highest BCUT2D eigenvalue weighted by Gasteiger charge is 2.33. The van der Waals surface area contributed by atoms with Gasteiger partial charge in [-0.25, -0.2) is 19.0 Å². The lowest BCUT2D eigenvalue weighted by molar-refractivity contribution is -0.137. The zero-order chi connectivity index (χ0) is 27.4. The molecule has 3 heterocycles. The van der Waals surface area contributed by atoms with Crippen LogP contribution in [0, 0.1) is 0 Å². The van der Waals surface area contributed by atoms with Crippen LogP contribution in [0.25, 0.3) is 27.5 Å². The van der Waals surface area contributed by atoms with Crippen molar-refractivity contribution in [3.05, 3.63) is 96.4 Å². The van der Waals surface area contributed by atoms with Crippen LogP contribution in [0.1, 0.15) is 32.0 Å². The van der Waals surface area contributed by atoms with E-state index in [1.807, 2.05) is 0 Å². The zero-order valence-electron chi connectivity index (χ0n) is 19.3. The largest absolute Gasteiger partial charge is 0.477 e. The van der Waals surface area contributed by atoms with Gasteiger partial charge in [0, 0.05) is 22.7 Å². The molecule has 0 aliphatic heterocycles. The van der Waals surface area contributed by atoms with Crippen molar-refractivity contribution >= 4 is 45.1 Å². The van der Waals surface area contributed by atoms with Crippen LogP contribution < -0.4 is 11.2 Å². The number of fused-ring (bicyclic) bond motifs is 2. The summed E-state index contributed by atoms with van der Waals surface area (Å²) in [5.74, 6) is -2.22. The minimum absolute atomic E-state index is 0.0330. The first-order chi connectivity index (χ1) is 18.0. The number of halogens is 3. The number of benzene rings is 2. The van der Waals surface area contributed by atoms with E-state index in [1.54, 1.807) is 6.07 Å². The van der Waals surface area contributed by atoms with Gasteiger partial charge in [0.25, 0.3) is 5.56 Å². The van der Waals surface area contributed by atoms with Gasteiger partial charge in [0.1, 0.15) is 0 Å². The molecule has 5 aromatic rings. The maximum atomic E-state index is 13.6. The fourth-order valence-corrected chi connectivity index (χ4v) is 5.12. The molecule has 3 aromatic heterocycles. The SMILES string of the molecule is COC(=O)c1cccc(Cn2c(C(=O)O)c(-n3c(=O)[nH]c4cscc4c3=O)c3cc(C(F)(F)F)ccc32)c1. The number of carboxylic acids is 1. The van der Waals surface area contributed by atoms with E-state index in [4.69, 9.17) is 4.74 Å². The fraction of sp³-hybridized carbons (Fsp3) is 0.120. The van der Waals surface area contributed by atoms with Gasteiger partial charge < -0.3 is 19.4 Å². The van der Waals surface area contributed by atoms with Gasteiger partial charge in [-0.1, -0.05) is 12.1 Å². The highest BCUT2D eigenvalue weighted by molar-refractivity contribution is 7.09. The summed E-state index contributed by atoms with van der Waals surface area (Å²) in [6, 6.07) is 8.64. The first-order valence-electron chi connectivity index (χ1n) is 10.9. The molecule has 5 rings (SSSR count). The van der Waals surface area contributed by atoms with Crippen molar-refractivity contribution in [2.75, 3.05) is 7.11 Å². The van der Waals surface area contributed by atoms with Gasteiger partial charge in [0.15, 0.2) is 5.69 Å². The first kappa shape index (κ1) is 25.0. The van der Waals surface area contributed by atoms with Gasteiger partial charge in [-0.05, 0) is 35.9 Å². The Labute approximate surface area is 213 Å². The van der Waals surface area contributed by atoms with E-state index in [9.17, 15) is 37.5 Å². The number of hydrogen-bond donors (Lipinski definition) is 2. The minimum Gasteiger partial charge on any atom is -0.477 e. The maximum absolute atomic E-state index is 13.6. The minimum atomic E-state index is -4.78. The molecule has 0 amide bonds. The topological polar surface area (TPSA) is 123 Å². The lowest BCUT2D eigenvalue weighted by atomic mass is 10.1. The second-order valence-electron chi connectivity index (χ2n) is 8.28. The fourth-order valence-electron chi connectivity index (χ4n) is 4.36. The molecule has 0 bridgehead atoms. The number of carboxylic acid groups (broad SMARTS) is 1. The Morgan fingerprint density at radius 1 is 1.08 bits per heavy atom. The van der Waals surface area contributed by atoms with Crippen molar-refractivity contribution in [3.63, 3.8) is 0 Å². The average Bonchev–Trinajstić information content (AvgIpc) is 3.46. The Bertz CT molecular complexity index is 1880. The number of alkyl halides is 3. The monoisotopic (exact) mass is 543 g/mol. The summed E-state index contributed by atoms with van der Waals surface area (Å²) in [4.78, 5) is 53.3. The van der Waals surface area contributed by atoms with Gasteiger partial charge in [0.05, 0.1) is 40.3 Å². The molecule has 0 unspecified atom stereocenters. The van der Waals surface area contributed by atoms with E-state index in [1.165, 1.54) is 40.6 Å². The Balaban J connectivity index is 1.87. The van der Waals surface area contributed by atoms with Crippen LogP contribution in [0.15, 0.2) is 62.8 Å². The molecule has 0 atom stereocenters. The van der Waals surface area contributed by atoms with Crippen LogP contribution in [0.4, 0.5) is 13.2 Å². The van der Waals surface area contributed by atoms with Crippen molar-refractivity contribution < 1.29 is 32.6 Å². The Hall–Kier alpha value is -4.65. The van der Waals surface area contributed by atoms with Crippen LogP contribution in [0.2, 0.25) is 0 Å². The second-order valence-corrected chi connectivity index (χ2v) is 9.02. The number of nitrogens with one attached hydrogen (secondary N) is 1. The Kier molecular flexibility index (Phi) is 5.94. The maximum Gasteiger partial charge on any atom is 0.416 e. The molecular formula is C25H16F3N3O6S. The number of ether oxygens (including phenoxy) is 1. The molecule has 194 valence electrons. The summed E-state index contributed by atoms with van der Waals surface area (Å²) in [6.45, 7) is -0.207. The standard InChI is InChI=1S/C25H16F3N3O6S/c1-37-23(35)13-4-2-3-12(7-13)9-30-18-6-5-14(25(26,27)28)8-15(18)19(20(30)22(33)34)31-21(32)16-10-38-11-17(16)29-24(31)36/h2-8,10-11H,9H2,1H3,(H,29,36)(H,33,34). The number of esters is 1. The number of aromatic amines is 1. The van der Waals surface area contributed by atoms with Crippen LogP contribution in [-0.4, -0.2) is 38.3 Å². The predicted octanol–water partition coefficient (Wildman–Crippen LogP) is 4.25. The number of methoxy groups -OCH3 is 1. The quantitative estimate of drug-likeness (QED) is 0.320. The van der Waals surface area contributed by atoms with Gasteiger partial charge in [-0.3, -0.25) is 4.79 Å². The number of thiophene rings is 1. The Morgan fingerprint density at radius 2 is 1.84 bits per heavy atom. The summed E-state index contributed by atoms with van der Waals surface area (Å²) in [7, 11) is 1.20. The van der Waals surface area contributed by atoms with E-state index in [-0.39, 0.29) is 33.9 Å². The van der Waals surface area contributed by atoms with Crippen molar-refractivity contribution in [3.8, 4) is 5.69 Å². The molecule has 0 saturated carbocycles. The van der Waals surface area contributed by atoms with Crippen LogP contribution in [0.5, 0.6) is 0 Å². The van der Waals surface area contributed by atoms with Gasteiger partial charge in [-0.2, -0.15) is 13.2 Å². The average molecular weight is 543 g/mol. The molecule has 2 N–H and O–H groups in total. The second kappa shape index (κ2) is 9.03. The lowest BCUT2D eigenvalue weighted by Crippen LogP contribution is -2.34. The van der Waals surface area contributed by atoms with Crippen molar-refractivity contribution in [1.29, 1.82) is 0 Å². The van der Waals surface area contributed by atoms with Gasteiger partial charge in [-0.15, -0.1) is 11.3 Å². The molecule has 0 saturated heterocycles. The van der Waals surface area contributed by atoms with Crippen molar-refractivity contribution in [2.45, 2.75) is 12.7 Å². The number of rotatable bonds is 5. The van der Waals surface area contributed by atoms with Gasteiger partial charge >= 0.3 is 23.8 Å². The van der Waals surface area contributed by atoms with Crippen LogP contribution in [-0.2, 0) is 17.5 Å². The van der Waals surface area contributed by atoms with E-state index in [0.29, 0.717) is 16.2 Å². The summed E-state index contributed by atoms with van der Waals surface area (Å²) in [5.41, 5.74) is -3.20. The summed E-state index contributed by atoms with van der Waals surface area (Å²) >= 11 is 1.12. The van der Waals surface area contributed by atoms with E-state index in [2.05, 4.69) is 4.98 Å². The molecular weight excluding hydrogens is 527 g/mol. The zero-order valence-corrected chi connectivity index (χ0v) is 20.1. The number of carbonyl (C=O) groups is 2. The number of hydrogen-bond acceptors (Lipinski definition) is 6. The van der Waals surface area contributed by atoms with E-state index in [0.717, 1.165) is 23.5 Å². The van der Waals surface area contributed by atoms with Crippen molar-refractivity contribution in [2.24, 2.45) is 0 Å². The smallest absolute Gasteiger partial charge is 0.416 e. The van der Waals surface area contributed by atoms with Crippen molar-refractivity contribution in [1.82, 2.24) is 14.1 Å². The van der Waals surface area contributed by atoms with Gasteiger partial charge in [0.2, 0.25) is 0 Å². The van der Waals surface area contributed by atoms with Crippen LogP contribution >= 0.6 is 11.3 Å². The normalized spacial score (nSPS) is 11.8. The van der Waals surface area contributed by atoms with Crippen LogP contribution in [0.3, 0.4) is 0 Å². The Morgan fingerprint density at radius 3 is 2.53 bits per heavy atom. The number of aromatic carboxylic acids is 1. The molecule has 2 aromatic carbocycles. The summed E-state index contributed by atoms with van der Waals surface area (Å²) in [5, 5.41) is 13.0. The number of carbonyl (C=O) groups excluding carboxylic acids is 1. The number of aromatic nitrogens is 3. The highest BCUT2D eigenvalue weighted by Crippen LogP contribution is 2.36. The molecule has 13 heteroatoms. The molecule has 0 radical (unpaired) electrons. The highest BCUT2D eigenvalue weighted by atomic mass is 32.1. The molecule has 9 nitrogen and oxygen atoms in total. The van der Waals surface area contributed by atoms with E-state index < -0.39 is 46.3 Å². The molecule has 38 heavy (non-hydrogen) atoms. The summed E-state index contributed by atoms with van der Waals surface area (Å²) < 4.78 is 47.4. The predicted molar refractivity (Wildman–Crippen MR) is 132 cm³/mol. The summed E-state index contributed by atoms with van der Waals surface area (Å²) in [6.07, 6.45) is -4.78. The third-order valence-corrected chi connectivity index (χ3v) is 6.76. The molecule has 0 fully saturated rings. The third kappa shape index (κ3) is 4.06. The third-order valence-electron chi connectivity index (χ3n) is 6.02. The lowest BCUT2D eigenvalue weighted by Gasteiger charge is -2.11. The first-order valence-corrected chi connectivity index (χ1v) is 11.8. The van der Waals surface area contributed by atoms with E-state index >= 15 is 0 Å².